The van der Waals surface area contributed by atoms with Crippen LogP contribution in [-0.4, -0.2) is 14.7 Å². The lowest BCUT2D eigenvalue weighted by Gasteiger charge is -2.15. The van der Waals surface area contributed by atoms with Crippen molar-refractivity contribution in [1.82, 2.24) is 0 Å². The number of hydrogen-bond donors (Lipinski definition) is 0. The Labute approximate surface area is 89.5 Å². The van der Waals surface area contributed by atoms with E-state index in [2.05, 4.69) is 0 Å². The van der Waals surface area contributed by atoms with Crippen LogP contribution in [0.5, 0.6) is 0 Å². The third-order valence-electron chi connectivity index (χ3n) is 2.27. The van der Waals surface area contributed by atoms with Crippen LogP contribution in [0.25, 0.3) is 6.08 Å². The number of rotatable bonds is 2. The second-order valence-corrected chi connectivity index (χ2v) is 5.17. The van der Waals surface area contributed by atoms with E-state index in [1.165, 1.54) is 5.56 Å². The Morgan fingerprint density at radius 1 is 1.20 bits per heavy atom. The van der Waals surface area contributed by atoms with Crippen LogP contribution in [0.3, 0.4) is 0 Å². The van der Waals surface area contributed by atoms with Gasteiger partial charge in [0.2, 0.25) is 0 Å². The van der Waals surface area contributed by atoms with Gasteiger partial charge in [-0.2, -0.15) is 8.42 Å². The smallest absolute Gasteiger partial charge is 0.305 e. The molecule has 0 unspecified atom stereocenters. The molecule has 0 N–H and O–H groups in total. The molecule has 0 aromatic heterocycles. The van der Waals surface area contributed by atoms with Crippen molar-refractivity contribution in [3.8, 4) is 0 Å². The zero-order valence-electron chi connectivity index (χ0n) is 8.43. The van der Waals surface area contributed by atoms with E-state index >= 15 is 0 Å². The third kappa shape index (κ3) is 2.59. The van der Waals surface area contributed by atoms with E-state index in [0.717, 1.165) is 18.2 Å². The van der Waals surface area contributed by atoms with Gasteiger partial charge in [0.05, 0.1) is 6.26 Å². The molecule has 1 aromatic rings. The molecule has 0 radical (unpaired) electrons. The maximum absolute atomic E-state index is 10.9. The summed E-state index contributed by atoms with van der Waals surface area (Å²) in [5.41, 5.74) is 2.28. The summed E-state index contributed by atoms with van der Waals surface area (Å²) < 4.78 is 26.8. The van der Waals surface area contributed by atoms with Crippen LogP contribution < -0.4 is 0 Å². The van der Waals surface area contributed by atoms with Gasteiger partial charge in [-0.05, 0) is 23.6 Å². The average Bonchev–Trinajstić information content (AvgIpc) is 2.15. The van der Waals surface area contributed by atoms with E-state index in [4.69, 9.17) is 4.18 Å². The summed E-state index contributed by atoms with van der Waals surface area (Å²) in [5.74, 6) is 0.524. The van der Waals surface area contributed by atoms with Gasteiger partial charge in [0.1, 0.15) is 5.76 Å². The molecule has 0 saturated carbocycles. The monoisotopic (exact) mass is 224 g/mol. The highest BCUT2D eigenvalue weighted by Gasteiger charge is 2.14. The van der Waals surface area contributed by atoms with Gasteiger partial charge in [-0.3, -0.25) is 0 Å². The number of fused-ring (bicyclic) bond motifs is 1. The molecule has 0 heterocycles. The second-order valence-electron chi connectivity index (χ2n) is 3.60. The first-order valence-corrected chi connectivity index (χ1v) is 6.54. The first-order chi connectivity index (χ1) is 7.04. The predicted molar refractivity (Wildman–Crippen MR) is 58.7 cm³/mol. The van der Waals surface area contributed by atoms with Crippen LogP contribution in [0.4, 0.5) is 0 Å². The zero-order chi connectivity index (χ0) is 10.9. The molecule has 4 heteroatoms. The number of benzene rings is 1. The van der Waals surface area contributed by atoms with Gasteiger partial charge in [-0.1, -0.05) is 24.3 Å². The van der Waals surface area contributed by atoms with Crippen molar-refractivity contribution in [2.75, 3.05) is 6.26 Å². The van der Waals surface area contributed by atoms with Crippen molar-refractivity contribution in [2.45, 2.75) is 12.8 Å². The van der Waals surface area contributed by atoms with Crippen LogP contribution in [0, 0.1) is 0 Å². The molecule has 0 spiro atoms. The maximum Gasteiger partial charge on any atom is 0.305 e. The third-order valence-corrected chi connectivity index (χ3v) is 2.79. The van der Waals surface area contributed by atoms with Crippen LogP contribution in [-0.2, 0) is 20.7 Å². The Balaban J connectivity index is 2.30. The summed E-state index contributed by atoms with van der Waals surface area (Å²) in [7, 11) is -3.39. The minimum atomic E-state index is -3.39. The van der Waals surface area contributed by atoms with Gasteiger partial charge < -0.3 is 4.18 Å². The van der Waals surface area contributed by atoms with Gasteiger partial charge in [0, 0.05) is 6.42 Å². The average molecular weight is 224 g/mol. The Kier molecular flexibility index (Phi) is 2.52. The molecule has 80 valence electrons. The van der Waals surface area contributed by atoms with Crippen molar-refractivity contribution in [2.24, 2.45) is 0 Å². The molecule has 0 atom stereocenters. The lowest BCUT2D eigenvalue weighted by atomic mass is 9.97. The first-order valence-electron chi connectivity index (χ1n) is 4.72. The molecule has 1 aliphatic carbocycles. The Morgan fingerprint density at radius 2 is 1.93 bits per heavy atom. The van der Waals surface area contributed by atoms with Crippen LogP contribution in [0.1, 0.15) is 17.5 Å². The fourth-order valence-electron chi connectivity index (χ4n) is 1.67. The first kappa shape index (κ1) is 10.2. The van der Waals surface area contributed by atoms with Crippen molar-refractivity contribution in [3.63, 3.8) is 0 Å². The highest BCUT2D eigenvalue weighted by Crippen LogP contribution is 2.24. The van der Waals surface area contributed by atoms with E-state index in [-0.39, 0.29) is 0 Å². The van der Waals surface area contributed by atoms with Crippen molar-refractivity contribution >= 4 is 16.2 Å². The lowest BCUT2D eigenvalue weighted by molar-refractivity contribution is 0.397. The minimum Gasteiger partial charge on any atom is -0.387 e. The lowest BCUT2D eigenvalue weighted by Crippen LogP contribution is -2.07. The highest BCUT2D eigenvalue weighted by molar-refractivity contribution is 7.86. The maximum atomic E-state index is 10.9. The largest absolute Gasteiger partial charge is 0.387 e. The molecule has 0 aliphatic heterocycles. The topological polar surface area (TPSA) is 43.4 Å². The standard InChI is InChI=1S/C11H12O3S/c1-15(12,13)14-11-7-6-9-4-2-3-5-10(9)8-11/h2-5,8H,6-7H2,1H3. The summed E-state index contributed by atoms with van der Waals surface area (Å²) in [6.45, 7) is 0. The van der Waals surface area contributed by atoms with Gasteiger partial charge in [0.25, 0.3) is 0 Å². The summed E-state index contributed by atoms with van der Waals surface area (Å²) in [6, 6.07) is 7.91. The summed E-state index contributed by atoms with van der Waals surface area (Å²) in [6.07, 6.45) is 4.33. The van der Waals surface area contributed by atoms with Gasteiger partial charge >= 0.3 is 10.1 Å². The zero-order valence-corrected chi connectivity index (χ0v) is 9.25. The molecule has 2 rings (SSSR count). The number of hydrogen-bond acceptors (Lipinski definition) is 3. The van der Waals surface area contributed by atoms with Crippen molar-refractivity contribution in [1.29, 1.82) is 0 Å². The highest BCUT2D eigenvalue weighted by atomic mass is 32.2. The normalized spacial score (nSPS) is 15.4. The SMILES string of the molecule is CS(=O)(=O)OC1=Cc2ccccc2CC1. The van der Waals surface area contributed by atoms with E-state index in [1.807, 2.05) is 24.3 Å². The Morgan fingerprint density at radius 3 is 2.67 bits per heavy atom. The molecule has 0 amide bonds. The molecule has 1 aromatic carbocycles. The summed E-state index contributed by atoms with van der Waals surface area (Å²) >= 11 is 0. The van der Waals surface area contributed by atoms with Crippen LogP contribution in [0.2, 0.25) is 0 Å². The number of allylic oxidation sites excluding steroid dienone is 1. The van der Waals surface area contributed by atoms with Gasteiger partial charge in [0.15, 0.2) is 0 Å². The fourth-order valence-corrected chi connectivity index (χ4v) is 2.19. The van der Waals surface area contributed by atoms with E-state index in [1.54, 1.807) is 6.08 Å². The van der Waals surface area contributed by atoms with Crippen LogP contribution in [0.15, 0.2) is 30.0 Å². The molecule has 1 aliphatic rings. The Bertz CT molecular complexity index is 500. The van der Waals surface area contributed by atoms with Gasteiger partial charge in [-0.25, -0.2) is 0 Å². The molecular weight excluding hydrogens is 212 g/mol. The molecular formula is C11H12O3S. The summed E-state index contributed by atoms with van der Waals surface area (Å²) in [4.78, 5) is 0. The van der Waals surface area contributed by atoms with E-state index in [0.29, 0.717) is 12.2 Å². The second kappa shape index (κ2) is 3.70. The van der Waals surface area contributed by atoms with Crippen molar-refractivity contribution in [3.05, 3.63) is 41.2 Å². The molecule has 0 saturated heterocycles. The molecule has 15 heavy (non-hydrogen) atoms. The molecule has 3 nitrogen and oxygen atoms in total. The van der Waals surface area contributed by atoms with Gasteiger partial charge in [-0.15, -0.1) is 0 Å². The van der Waals surface area contributed by atoms with Crippen molar-refractivity contribution < 1.29 is 12.6 Å². The Hall–Kier alpha value is -1.29. The fraction of sp³-hybridized carbons (Fsp3) is 0.273. The van der Waals surface area contributed by atoms with E-state index < -0.39 is 10.1 Å². The molecule has 0 fully saturated rings. The van der Waals surface area contributed by atoms with Crippen LogP contribution >= 0.6 is 0 Å². The van der Waals surface area contributed by atoms with E-state index in [9.17, 15) is 8.42 Å². The number of aryl methyl sites for hydroxylation is 1. The minimum absolute atomic E-state index is 0.524. The quantitative estimate of drug-likeness (QED) is 0.721. The summed E-state index contributed by atoms with van der Waals surface area (Å²) in [5, 5.41) is 0. The predicted octanol–water partition coefficient (Wildman–Crippen LogP) is 1.95. The molecule has 0 bridgehead atoms.